The van der Waals surface area contributed by atoms with Gasteiger partial charge in [0.1, 0.15) is 5.82 Å². The first-order valence-corrected chi connectivity index (χ1v) is 11.3. The van der Waals surface area contributed by atoms with Crippen molar-refractivity contribution in [2.75, 3.05) is 43.1 Å². The van der Waals surface area contributed by atoms with E-state index in [-0.39, 0.29) is 28.8 Å². The zero-order valence-corrected chi connectivity index (χ0v) is 20.1. The summed E-state index contributed by atoms with van der Waals surface area (Å²) in [5.41, 5.74) is 5.48. The lowest BCUT2D eigenvalue weighted by Gasteiger charge is -2.29. The van der Waals surface area contributed by atoms with Crippen LogP contribution >= 0.6 is 0 Å². The van der Waals surface area contributed by atoms with Crippen LogP contribution in [0.25, 0.3) is 0 Å². The number of likely N-dealkylation sites (tertiary alicyclic amines) is 1. The van der Waals surface area contributed by atoms with Gasteiger partial charge >= 0.3 is 6.18 Å². The molecule has 1 aliphatic rings. The molecule has 0 saturated carbocycles. The fourth-order valence-corrected chi connectivity index (χ4v) is 4.08. The fourth-order valence-electron chi connectivity index (χ4n) is 4.08. The molecule has 1 unspecified atom stereocenters. The third-order valence-electron chi connectivity index (χ3n) is 6.05. The van der Waals surface area contributed by atoms with E-state index in [1.54, 1.807) is 7.05 Å². The number of benzene rings is 2. The lowest BCUT2D eigenvalue weighted by Crippen LogP contribution is -2.34. The quantitative estimate of drug-likeness (QED) is 0.406. The van der Waals surface area contributed by atoms with Crippen molar-refractivity contribution in [3.05, 3.63) is 76.9 Å². The molecule has 11 heteroatoms. The number of alkyl halides is 3. The maximum Gasteiger partial charge on any atom is 0.416 e. The van der Waals surface area contributed by atoms with Crippen molar-refractivity contribution >= 4 is 23.2 Å². The molecule has 0 radical (unpaired) electrons. The van der Waals surface area contributed by atoms with Gasteiger partial charge in [0.15, 0.2) is 0 Å². The molecule has 1 atom stereocenters. The van der Waals surface area contributed by atoms with Gasteiger partial charge in [-0.2, -0.15) is 13.2 Å². The topological polar surface area (TPSA) is 87.4 Å². The Morgan fingerprint density at radius 3 is 2.49 bits per heavy atom. The zero-order valence-electron chi connectivity index (χ0n) is 20.1. The van der Waals surface area contributed by atoms with Crippen LogP contribution in [-0.2, 0) is 6.18 Å². The first kappa shape index (κ1) is 25.9. The lowest BCUT2D eigenvalue weighted by atomic mass is 10.1. The molecule has 4 rings (SSSR count). The molecular formula is C26H24F4N6O. The molecule has 192 valence electrons. The largest absolute Gasteiger partial charge is 0.416 e. The molecule has 7 nitrogen and oxygen atoms in total. The number of nitrogens with zero attached hydrogens (tertiary/aromatic N) is 4. The molecule has 1 saturated heterocycles. The fraction of sp³-hybridized carbons (Fsp3) is 0.269. The van der Waals surface area contributed by atoms with Crippen molar-refractivity contribution in [3.63, 3.8) is 0 Å². The highest BCUT2D eigenvalue weighted by Gasteiger charge is 2.32. The van der Waals surface area contributed by atoms with Crippen LogP contribution in [0.2, 0.25) is 0 Å². The second-order valence-electron chi connectivity index (χ2n) is 8.81. The molecule has 3 aromatic rings. The molecule has 1 amide bonds. The highest BCUT2D eigenvalue weighted by atomic mass is 19.4. The summed E-state index contributed by atoms with van der Waals surface area (Å²) < 4.78 is 54.7. The van der Waals surface area contributed by atoms with Crippen LogP contribution in [0, 0.1) is 17.7 Å². The third-order valence-corrected chi connectivity index (χ3v) is 6.05. The number of halogens is 4. The van der Waals surface area contributed by atoms with E-state index >= 15 is 0 Å². The summed E-state index contributed by atoms with van der Waals surface area (Å²) in [7, 11) is 3.74. The van der Waals surface area contributed by atoms with Gasteiger partial charge in [0.05, 0.1) is 22.5 Å². The summed E-state index contributed by atoms with van der Waals surface area (Å²) in [6.45, 7) is 1.59. The number of hydrogen-bond donors (Lipinski definition) is 2. The smallest absolute Gasteiger partial charge is 0.369 e. The molecule has 1 fully saturated rings. The van der Waals surface area contributed by atoms with E-state index in [1.807, 2.05) is 11.9 Å². The Hall–Kier alpha value is -4.17. The van der Waals surface area contributed by atoms with Crippen LogP contribution in [-0.4, -0.2) is 54.0 Å². The molecule has 0 spiro atoms. The Labute approximate surface area is 211 Å². The second kappa shape index (κ2) is 10.4. The van der Waals surface area contributed by atoms with E-state index in [0.717, 1.165) is 43.8 Å². The number of carbonyl (C=O) groups excluding carboxylic acids is 1. The van der Waals surface area contributed by atoms with Gasteiger partial charge in [-0.1, -0.05) is 11.8 Å². The van der Waals surface area contributed by atoms with E-state index in [9.17, 15) is 22.4 Å². The normalized spacial score (nSPS) is 15.7. The first-order valence-electron chi connectivity index (χ1n) is 11.3. The predicted octanol–water partition coefficient (Wildman–Crippen LogP) is 4.01. The van der Waals surface area contributed by atoms with Gasteiger partial charge in [-0.3, -0.25) is 4.79 Å². The Kier molecular flexibility index (Phi) is 7.31. The number of nitrogens with two attached hydrogens (primary N) is 1. The van der Waals surface area contributed by atoms with Crippen molar-refractivity contribution in [2.45, 2.75) is 18.6 Å². The molecule has 2 heterocycles. The van der Waals surface area contributed by atoms with Gasteiger partial charge in [0.2, 0.25) is 5.95 Å². The molecule has 3 N–H and O–H groups in total. The van der Waals surface area contributed by atoms with Crippen molar-refractivity contribution in [1.82, 2.24) is 14.9 Å². The Morgan fingerprint density at radius 1 is 1.14 bits per heavy atom. The average Bonchev–Trinajstić information content (AvgIpc) is 3.28. The van der Waals surface area contributed by atoms with E-state index in [1.165, 1.54) is 24.5 Å². The Bertz CT molecular complexity index is 1360. The number of likely N-dealkylation sites (N-methyl/N-ethyl adjacent to an activating group) is 2. The number of nitrogens with one attached hydrogen (secondary N) is 1. The molecule has 0 bridgehead atoms. The number of aromatic nitrogens is 2. The number of nitrogen functional groups attached to an aromatic ring is 1. The zero-order chi connectivity index (χ0) is 26.7. The average molecular weight is 513 g/mol. The molecule has 0 aliphatic carbocycles. The molecule has 1 aromatic heterocycles. The molecule has 1 aliphatic heterocycles. The summed E-state index contributed by atoms with van der Waals surface area (Å²) >= 11 is 0. The van der Waals surface area contributed by atoms with Crippen LogP contribution in [0.1, 0.15) is 33.5 Å². The van der Waals surface area contributed by atoms with E-state index < -0.39 is 23.5 Å². The van der Waals surface area contributed by atoms with E-state index in [0.29, 0.717) is 11.3 Å². The first-order chi connectivity index (χ1) is 17.5. The maximum absolute atomic E-state index is 14.3. The second-order valence-corrected chi connectivity index (χ2v) is 8.81. The maximum atomic E-state index is 14.3. The number of hydrogen-bond acceptors (Lipinski definition) is 6. The van der Waals surface area contributed by atoms with Crippen molar-refractivity contribution in [1.29, 1.82) is 0 Å². The number of rotatable bonds is 4. The van der Waals surface area contributed by atoms with Crippen LogP contribution in [0.4, 0.5) is 34.9 Å². The van der Waals surface area contributed by atoms with Crippen LogP contribution < -0.4 is 16.0 Å². The van der Waals surface area contributed by atoms with Crippen LogP contribution in [0.5, 0.6) is 0 Å². The summed E-state index contributed by atoms with van der Waals surface area (Å²) in [6.07, 6.45) is -0.976. The minimum Gasteiger partial charge on any atom is -0.369 e. The Balaban J connectivity index is 1.64. The van der Waals surface area contributed by atoms with Gasteiger partial charge in [-0.15, -0.1) is 0 Å². The van der Waals surface area contributed by atoms with Crippen molar-refractivity contribution in [3.8, 4) is 11.8 Å². The van der Waals surface area contributed by atoms with Gasteiger partial charge in [-0.05, 0) is 56.4 Å². The Morgan fingerprint density at radius 2 is 1.84 bits per heavy atom. The van der Waals surface area contributed by atoms with Gasteiger partial charge in [0.25, 0.3) is 5.91 Å². The van der Waals surface area contributed by atoms with E-state index in [2.05, 4.69) is 32.0 Å². The van der Waals surface area contributed by atoms with Crippen molar-refractivity contribution < 1.29 is 22.4 Å². The standard InChI is InChI=1S/C26H24F4N6O/c1-35-8-7-21(15-35)36(2)23-6-5-19(26(28,29)30)12-22(23)34-24(37)18-9-16(10-20(27)11-18)3-4-17-13-32-25(31)33-14-17/h5-6,9-14,21H,7-8,15H2,1-2H3,(H,34,37)(H2,31,32,33). The number of carbonyl (C=O) groups is 1. The molecule has 2 aromatic carbocycles. The highest BCUT2D eigenvalue weighted by Crippen LogP contribution is 2.36. The minimum atomic E-state index is -4.60. The summed E-state index contributed by atoms with van der Waals surface area (Å²) in [5.74, 6) is 4.07. The highest BCUT2D eigenvalue weighted by molar-refractivity contribution is 6.06. The van der Waals surface area contributed by atoms with Crippen LogP contribution in [0.3, 0.4) is 0 Å². The lowest BCUT2D eigenvalue weighted by molar-refractivity contribution is -0.137. The van der Waals surface area contributed by atoms with Gasteiger partial charge in [-0.25, -0.2) is 14.4 Å². The SMILES string of the molecule is CN1CCC(N(C)c2ccc(C(F)(F)F)cc2NC(=O)c2cc(F)cc(C#Cc3cnc(N)nc3)c2)C1. The molecule has 37 heavy (non-hydrogen) atoms. The van der Waals surface area contributed by atoms with Crippen LogP contribution in [0.15, 0.2) is 48.8 Å². The predicted molar refractivity (Wildman–Crippen MR) is 133 cm³/mol. The van der Waals surface area contributed by atoms with Crippen molar-refractivity contribution in [2.24, 2.45) is 0 Å². The monoisotopic (exact) mass is 512 g/mol. The van der Waals surface area contributed by atoms with E-state index in [4.69, 9.17) is 5.73 Å². The number of amides is 1. The summed E-state index contributed by atoms with van der Waals surface area (Å²) in [5, 5.41) is 2.55. The minimum absolute atomic E-state index is 0.0206. The molecular weight excluding hydrogens is 488 g/mol. The summed E-state index contributed by atoms with van der Waals surface area (Å²) in [6, 6.07) is 6.77. The van der Waals surface area contributed by atoms with Gasteiger partial charge < -0.3 is 20.9 Å². The third kappa shape index (κ3) is 6.34. The summed E-state index contributed by atoms with van der Waals surface area (Å²) in [4.78, 5) is 24.7. The number of anilines is 3. The van der Waals surface area contributed by atoms with Gasteiger partial charge in [0, 0.05) is 43.2 Å².